The Morgan fingerprint density at radius 3 is 2.71 bits per heavy atom. The Kier molecular flexibility index (Phi) is 6.56. The van der Waals surface area contributed by atoms with E-state index < -0.39 is 10.0 Å². The molecule has 9 heteroatoms. The molecule has 0 aliphatic carbocycles. The predicted octanol–water partition coefficient (Wildman–Crippen LogP) is 3.11. The second-order valence-electron chi connectivity index (χ2n) is 4.69. The van der Waals surface area contributed by atoms with E-state index in [1.807, 2.05) is 0 Å². The highest BCUT2D eigenvalue weighted by molar-refractivity contribution is 7.89. The standard InChI is InChI=1S/C15H15Cl2N3O3S/c1-23-20-15(11-4-5-13(16)14(17)9-11)6-8-19-24(21,22)12-3-2-7-18-10-12/h2-5,7,9-10,19H,6,8H2,1H3. The summed E-state index contributed by atoms with van der Waals surface area (Å²) in [6, 6.07) is 8.06. The quantitative estimate of drug-likeness (QED) is 0.584. The number of oxime groups is 1. The molecule has 0 fully saturated rings. The van der Waals surface area contributed by atoms with Gasteiger partial charge in [0.05, 0.1) is 15.8 Å². The number of halogens is 2. The summed E-state index contributed by atoms with van der Waals surface area (Å²) in [6.07, 6.45) is 3.10. The fourth-order valence-corrected chi connectivity index (χ4v) is 3.21. The summed E-state index contributed by atoms with van der Waals surface area (Å²) in [6.45, 7) is 0.139. The first-order valence-corrected chi connectivity index (χ1v) is 9.13. The van der Waals surface area contributed by atoms with Crippen LogP contribution in [-0.2, 0) is 14.9 Å². The van der Waals surface area contributed by atoms with Gasteiger partial charge in [0.1, 0.15) is 12.0 Å². The zero-order chi connectivity index (χ0) is 17.6. The first-order valence-electron chi connectivity index (χ1n) is 6.89. The van der Waals surface area contributed by atoms with Gasteiger partial charge in [0.2, 0.25) is 10.0 Å². The van der Waals surface area contributed by atoms with Crippen molar-refractivity contribution in [3.05, 3.63) is 58.3 Å². The van der Waals surface area contributed by atoms with Crippen LogP contribution in [0.4, 0.5) is 0 Å². The maximum atomic E-state index is 12.1. The topological polar surface area (TPSA) is 80.6 Å². The van der Waals surface area contributed by atoms with Crippen LogP contribution in [0, 0.1) is 0 Å². The molecule has 0 amide bonds. The lowest BCUT2D eigenvalue weighted by Gasteiger charge is -2.09. The van der Waals surface area contributed by atoms with Crippen molar-refractivity contribution in [2.24, 2.45) is 5.16 Å². The Labute approximate surface area is 150 Å². The minimum Gasteiger partial charge on any atom is -0.399 e. The molecule has 0 unspecified atom stereocenters. The summed E-state index contributed by atoms with van der Waals surface area (Å²) in [7, 11) is -2.21. The molecule has 128 valence electrons. The lowest BCUT2D eigenvalue weighted by atomic mass is 10.1. The number of aromatic nitrogens is 1. The van der Waals surface area contributed by atoms with Crippen LogP contribution in [0.3, 0.4) is 0 Å². The van der Waals surface area contributed by atoms with Gasteiger partial charge in [-0.2, -0.15) is 0 Å². The molecule has 0 saturated heterocycles. The Morgan fingerprint density at radius 1 is 1.29 bits per heavy atom. The minimum atomic E-state index is -3.62. The van der Waals surface area contributed by atoms with Crippen LogP contribution in [0.15, 0.2) is 52.8 Å². The van der Waals surface area contributed by atoms with E-state index in [4.69, 9.17) is 28.0 Å². The molecule has 0 aliphatic rings. The molecule has 1 aromatic carbocycles. The Hall–Kier alpha value is -1.67. The molecule has 0 bridgehead atoms. The molecule has 1 heterocycles. The number of hydrogen-bond acceptors (Lipinski definition) is 5. The molecule has 0 saturated carbocycles. The highest BCUT2D eigenvalue weighted by Gasteiger charge is 2.14. The van der Waals surface area contributed by atoms with Crippen molar-refractivity contribution in [3.8, 4) is 0 Å². The summed E-state index contributed by atoms with van der Waals surface area (Å²) >= 11 is 11.9. The number of sulfonamides is 1. The number of pyridine rings is 1. The molecule has 2 rings (SSSR count). The lowest BCUT2D eigenvalue weighted by Crippen LogP contribution is -2.26. The summed E-state index contributed by atoms with van der Waals surface area (Å²) in [5.74, 6) is 0. The Morgan fingerprint density at radius 2 is 2.08 bits per heavy atom. The van der Waals surface area contributed by atoms with Gasteiger partial charge < -0.3 is 4.84 Å². The zero-order valence-electron chi connectivity index (χ0n) is 12.7. The van der Waals surface area contributed by atoms with Crippen LogP contribution in [0.25, 0.3) is 0 Å². The lowest BCUT2D eigenvalue weighted by molar-refractivity contribution is 0.213. The number of hydrogen-bond donors (Lipinski definition) is 1. The SMILES string of the molecule is CON=C(CCNS(=O)(=O)c1cccnc1)c1ccc(Cl)c(Cl)c1. The second-order valence-corrected chi connectivity index (χ2v) is 7.27. The van der Waals surface area contributed by atoms with Gasteiger partial charge in [-0.15, -0.1) is 0 Å². The van der Waals surface area contributed by atoms with Crippen molar-refractivity contribution >= 4 is 38.9 Å². The van der Waals surface area contributed by atoms with Gasteiger partial charge in [-0.1, -0.05) is 34.4 Å². The van der Waals surface area contributed by atoms with Gasteiger partial charge in [0.15, 0.2) is 0 Å². The van der Waals surface area contributed by atoms with Gasteiger partial charge in [-0.05, 0) is 24.3 Å². The van der Waals surface area contributed by atoms with E-state index in [9.17, 15) is 8.42 Å². The molecule has 1 N–H and O–H groups in total. The van der Waals surface area contributed by atoms with Crippen molar-refractivity contribution in [2.75, 3.05) is 13.7 Å². The number of rotatable bonds is 7. The van der Waals surface area contributed by atoms with E-state index in [-0.39, 0.29) is 11.4 Å². The van der Waals surface area contributed by atoms with Crippen molar-refractivity contribution in [2.45, 2.75) is 11.3 Å². The predicted molar refractivity (Wildman–Crippen MR) is 94.1 cm³/mol. The molecule has 0 spiro atoms. The summed E-state index contributed by atoms with van der Waals surface area (Å²) < 4.78 is 26.8. The van der Waals surface area contributed by atoms with Crippen LogP contribution in [0.1, 0.15) is 12.0 Å². The van der Waals surface area contributed by atoms with E-state index in [2.05, 4.69) is 14.9 Å². The third-order valence-corrected chi connectivity index (χ3v) is 5.24. The molecular weight excluding hydrogens is 373 g/mol. The van der Waals surface area contributed by atoms with Crippen molar-refractivity contribution in [3.63, 3.8) is 0 Å². The van der Waals surface area contributed by atoms with Crippen LogP contribution < -0.4 is 4.72 Å². The number of benzene rings is 1. The molecule has 2 aromatic rings. The van der Waals surface area contributed by atoms with Gasteiger partial charge >= 0.3 is 0 Å². The third-order valence-electron chi connectivity index (χ3n) is 3.05. The number of nitrogens with one attached hydrogen (secondary N) is 1. The van der Waals surface area contributed by atoms with Gasteiger partial charge in [0, 0.05) is 30.9 Å². The van der Waals surface area contributed by atoms with Gasteiger partial charge in [0.25, 0.3) is 0 Å². The highest BCUT2D eigenvalue weighted by Crippen LogP contribution is 2.23. The van der Waals surface area contributed by atoms with Gasteiger partial charge in [-0.3, -0.25) is 4.98 Å². The van der Waals surface area contributed by atoms with Crippen LogP contribution in [-0.4, -0.2) is 32.8 Å². The first kappa shape index (κ1) is 18.7. The molecule has 1 aromatic heterocycles. The molecule has 0 aliphatic heterocycles. The average Bonchev–Trinajstić information content (AvgIpc) is 2.57. The fraction of sp³-hybridized carbons (Fsp3) is 0.200. The Balaban J connectivity index is 2.07. The van der Waals surface area contributed by atoms with E-state index in [0.29, 0.717) is 27.7 Å². The molecule has 24 heavy (non-hydrogen) atoms. The minimum absolute atomic E-state index is 0.102. The van der Waals surface area contributed by atoms with E-state index in [0.717, 1.165) is 0 Å². The van der Waals surface area contributed by atoms with E-state index in [1.54, 1.807) is 24.3 Å². The summed E-state index contributed by atoms with van der Waals surface area (Å²) in [5, 5.41) is 4.73. The fourth-order valence-electron chi connectivity index (χ4n) is 1.92. The van der Waals surface area contributed by atoms with Crippen LogP contribution in [0.2, 0.25) is 10.0 Å². The van der Waals surface area contributed by atoms with Crippen molar-refractivity contribution < 1.29 is 13.3 Å². The normalized spacial score (nSPS) is 12.2. The highest BCUT2D eigenvalue weighted by atomic mass is 35.5. The smallest absolute Gasteiger partial charge is 0.242 e. The first-order chi connectivity index (χ1) is 11.4. The number of nitrogens with zero attached hydrogens (tertiary/aromatic N) is 2. The molecule has 0 radical (unpaired) electrons. The third kappa shape index (κ3) is 4.91. The second kappa shape index (κ2) is 8.43. The largest absolute Gasteiger partial charge is 0.399 e. The van der Waals surface area contributed by atoms with Crippen molar-refractivity contribution in [1.29, 1.82) is 0 Å². The zero-order valence-corrected chi connectivity index (χ0v) is 15.1. The maximum Gasteiger partial charge on any atom is 0.242 e. The van der Waals surface area contributed by atoms with Crippen LogP contribution >= 0.6 is 23.2 Å². The molecule has 6 nitrogen and oxygen atoms in total. The monoisotopic (exact) mass is 387 g/mol. The Bertz CT molecular complexity index is 827. The molecular formula is C15H15Cl2N3O3S. The van der Waals surface area contributed by atoms with E-state index in [1.165, 1.54) is 25.6 Å². The maximum absolute atomic E-state index is 12.1. The van der Waals surface area contributed by atoms with Crippen LogP contribution in [0.5, 0.6) is 0 Å². The average molecular weight is 388 g/mol. The van der Waals surface area contributed by atoms with Crippen molar-refractivity contribution in [1.82, 2.24) is 9.71 Å². The van der Waals surface area contributed by atoms with Gasteiger partial charge in [-0.25, -0.2) is 13.1 Å². The summed E-state index contributed by atoms with van der Waals surface area (Å²) in [5.41, 5.74) is 1.25. The molecule has 0 atom stereocenters. The summed E-state index contributed by atoms with van der Waals surface area (Å²) in [4.78, 5) is 8.72. The van der Waals surface area contributed by atoms with E-state index >= 15 is 0 Å².